The lowest BCUT2D eigenvalue weighted by atomic mass is 10.0. The van der Waals surface area contributed by atoms with Crippen LogP contribution in [0.4, 0.5) is 18.9 Å². The molecule has 0 aliphatic carbocycles. The normalized spacial score (nSPS) is 13.1. The fourth-order valence-corrected chi connectivity index (χ4v) is 1.88. The molecule has 112 valence electrons. The standard InChI is InChI=1S/C14H19F3N2O/c1-3-4-9(2)13(20)19-12-6-10(8-18)5-11(7-12)14(15,16)17/h5-7,9H,3-4,8,18H2,1-2H3,(H,19,20). The molecule has 0 spiro atoms. The lowest BCUT2D eigenvalue weighted by Crippen LogP contribution is -2.21. The molecule has 1 rings (SSSR count). The van der Waals surface area contributed by atoms with Crippen LogP contribution in [0.5, 0.6) is 0 Å². The van der Waals surface area contributed by atoms with Gasteiger partial charge in [0.15, 0.2) is 0 Å². The van der Waals surface area contributed by atoms with Gasteiger partial charge in [-0.15, -0.1) is 0 Å². The van der Waals surface area contributed by atoms with Crippen LogP contribution in [-0.2, 0) is 17.5 Å². The molecule has 0 aromatic heterocycles. The minimum atomic E-state index is -4.46. The quantitative estimate of drug-likeness (QED) is 0.870. The average molecular weight is 288 g/mol. The highest BCUT2D eigenvalue weighted by Crippen LogP contribution is 2.32. The van der Waals surface area contributed by atoms with Gasteiger partial charge in [0, 0.05) is 18.2 Å². The van der Waals surface area contributed by atoms with E-state index in [2.05, 4.69) is 5.32 Å². The summed E-state index contributed by atoms with van der Waals surface area (Å²) in [6.45, 7) is 3.67. The second-order valence-electron chi connectivity index (χ2n) is 4.80. The van der Waals surface area contributed by atoms with E-state index >= 15 is 0 Å². The molecule has 6 heteroatoms. The summed E-state index contributed by atoms with van der Waals surface area (Å²) in [4.78, 5) is 11.8. The molecule has 20 heavy (non-hydrogen) atoms. The number of nitrogens with one attached hydrogen (secondary N) is 1. The van der Waals surface area contributed by atoms with Crippen molar-refractivity contribution in [2.45, 2.75) is 39.4 Å². The first-order valence-corrected chi connectivity index (χ1v) is 6.50. The van der Waals surface area contributed by atoms with Gasteiger partial charge >= 0.3 is 6.18 Å². The summed E-state index contributed by atoms with van der Waals surface area (Å²) in [6, 6.07) is 3.38. The summed E-state index contributed by atoms with van der Waals surface area (Å²) < 4.78 is 38.2. The Kier molecular flexibility index (Phi) is 5.56. The van der Waals surface area contributed by atoms with Gasteiger partial charge in [-0.25, -0.2) is 0 Å². The molecule has 0 fully saturated rings. The van der Waals surface area contributed by atoms with Crippen LogP contribution in [0.25, 0.3) is 0 Å². The zero-order valence-electron chi connectivity index (χ0n) is 11.6. The topological polar surface area (TPSA) is 55.1 Å². The van der Waals surface area contributed by atoms with E-state index in [1.165, 1.54) is 6.07 Å². The number of halogens is 3. The number of hydrogen-bond acceptors (Lipinski definition) is 2. The van der Waals surface area contributed by atoms with Crippen molar-refractivity contribution in [2.24, 2.45) is 11.7 Å². The molecule has 0 aliphatic rings. The van der Waals surface area contributed by atoms with Gasteiger partial charge in [0.1, 0.15) is 0 Å². The molecule has 1 aromatic rings. The number of carbonyl (C=O) groups excluding carboxylic acids is 1. The van der Waals surface area contributed by atoms with Crippen molar-refractivity contribution in [1.29, 1.82) is 0 Å². The molecule has 0 heterocycles. The van der Waals surface area contributed by atoms with E-state index in [0.29, 0.717) is 12.0 Å². The summed E-state index contributed by atoms with van der Waals surface area (Å²) in [5.41, 5.74) is 5.05. The number of anilines is 1. The zero-order chi connectivity index (χ0) is 15.3. The first-order valence-electron chi connectivity index (χ1n) is 6.50. The third kappa shape index (κ3) is 4.52. The van der Waals surface area contributed by atoms with Crippen LogP contribution < -0.4 is 11.1 Å². The molecule has 1 unspecified atom stereocenters. The van der Waals surface area contributed by atoms with Gasteiger partial charge in [0.05, 0.1) is 5.56 Å². The molecule has 0 radical (unpaired) electrons. The van der Waals surface area contributed by atoms with E-state index in [1.54, 1.807) is 6.92 Å². The predicted molar refractivity (Wildman–Crippen MR) is 72.0 cm³/mol. The largest absolute Gasteiger partial charge is 0.416 e. The van der Waals surface area contributed by atoms with Crippen molar-refractivity contribution in [1.82, 2.24) is 0 Å². The van der Waals surface area contributed by atoms with Gasteiger partial charge in [-0.1, -0.05) is 20.3 Å². The van der Waals surface area contributed by atoms with Gasteiger partial charge in [0.2, 0.25) is 5.91 Å². The zero-order valence-corrected chi connectivity index (χ0v) is 11.6. The summed E-state index contributed by atoms with van der Waals surface area (Å²) in [7, 11) is 0. The third-order valence-electron chi connectivity index (χ3n) is 2.99. The Morgan fingerprint density at radius 2 is 2.00 bits per heavy atom. The smallest absolute Gasteiger partial charge is 0.326 e. The van der Waals surface area contributed by atoms with E-state index in [4.69, 9.17) is 5.73 Å². The number of hydrogen-bond donors (Lipinski definition) is 2. The first-order chi connectivity index (χ1) is 9.27. The maximum atomic E-state index is 12.7. The molecule has 1 atom stereocenters. The lowest BCUT2D eigenvalue weighted by molar-refractivity contribution is -0.137. The van der Waals surface area contributed by atoms with Gasteiger partial charge < -0.3 is 11.1 Å². The highest BCUT2D eigenvalue weighted by molar-refractivity contribution is 5.92. The Morgan fingerprint density at radius 3 is 2.50 bits per heavy atom. The van der Waals surface area contributed by atoms with Crippen molar-refractivity contribution in [2.75, 3.05) is 5.32 Å². The van der Waals surface area contributed by atoms with Gasteiger partial charge in [0.25, 0.3) is 0 Å². The van der Waals surface area contributed by atoms with E-state index < -0.39 is 11.7 Å². The summed E-state index contributed by atoms with van der Waals surface area (Å²) >= 11 is 0. The monoisotopic (exact) mass is 288 g/mol. The molecule has 1 amide bonds. The fraction of sp³-hybridized carbons (Fsp3) is 0.500. The van der Waals surface area contributed by atoms with Gasteiger partial charge in [-0.3, -0.25) is 4.79 Å². The number of rotatable bonds is 5. The number of nitrogens with two attached hydrogens (primary N) is 1. The van der Waals surface area contributed by atoms with E-state index in [0.717, 1.165) is 18.6 Å². The predicted octanol–water partition coefficient (Wildman–Crippen LogP) is 3.54. The molecule has 0 bridgehead atoms. The minimum Gasteiger partial charge on any atom is -0.326 e. The minimum absolute atomic E-state index is 0.0166. The third-order valence-corrected chi connectivity index (χ3v) is 2.99. The molecular weight excluding hydrogens is 269 g/mol. The van der Waals surface area contributed by atoms with Crippen LogP contribution in [0, 0.1) is 5.92 Å². The Labute approximate surface area is 116 Å². The van der Waals surface area contributed by atoms with Crippen LogP contribution in [0.3, 0.4) is 0 Å². The maximum Gasteiger partial charge on any atom is 0.416 e. The molecule has 0 saturated carbocycles. The number of benzene rings is 1. The lowest BCUT2D eigenvalue weighted by Gasteiger charge is -2.14. The van der Waals surface area contributed by atoms with E-state index in [9.17, 15) is 18.0 Å². The number of amides is 1. The van der Waals surface area contributed by atoms with Crippen molar-refractivity contribution in [3.05, 3.63) is 29.3 Å². The molecule has 0 saturated heterocycles. The average Bonchev–Trinajstić information content (AvgIpc) is 2.37. The summed E-state index contributed by atoms with van der Waals surface area (Å²) in [6.07, 6.45) is -2.93. The number of alkyl halides is 3. The van der Waals surface area contributed by atoms with Crippen LogP contribution in [0.2, 0.25) is 0 Å². The van der Waals surface area contributed by atoms with Crippen molar-refractivity contribution < 1.29 is 18.0 Å². The molecule has 3 N–H and O–H groups in total. The van der Waals surface area contributed by atoms with E-state index in [1.807, 2.05) is 6.92 Å². The van der Waals surface area contributed by atoms with E-state index in [-0.39, 0.29) is 24.1 Å². The second kappa shape index (κ2) is 6.74. The Balaban J connectivity index is 2.98. The Bertz CT molecular complexity index is 472. The number of carbonyl (C=O) groups is 1. The summed E-state index contributed by atoms with van der Waals surface area (Å²) in [5.74, 6) is -0.523. The summed E-state index contributed by atoms with van der Waals surface area (Å²) in [5, 5.41) is 2.52. The highest BCUT2D eigenvalue weighted by atomic mass is 19.4. The molecule has 3 nitrogen and oxygen atoms in total. The van der Waals surface area contributed by atoms with Gasteiger partial charge in [-0.2, -0.15) is 13.2 Å². The van der Waals surface area contributed by atoms with Crippen LogP contribution in [-0.4, -0.2) is 5.91 Å². The van der Waals surface area contributed by atoms with Gasteiger partial charge in [-0.05, 0) is 30.2 Å². The van der Waals surface area contributed by atoms with Crippen LogP contribution in [0.1, 0.15) is 37.8 Å². The maximum absolute atomic E-state index is 12.7. The highest BCUT2D eigenvalue weighted by Gasteiger charge is 2.31. The SMILES string of the molecule is CCCC(C)C(=O)Nc1cc(CN)cc(C(F)(F)F)c1. The van der Waals surface area contributed by atoms with Crippen molar-refractivity contribution >= 4 is 11.6 Å². The molecule has 1 aromatic carbocycles. The first kappa shape index (κ1) is 16.5. The molecular formula is C14H19F3N2O. The van der Waals surface area contributed by atoms with Crippen molar-refractivity contribution in [3.63, 3.8) is 0 Å². The Hall–Kier alpha value is -1.56. The Morgan fingerprint density at radius 1 is 1.35 bits per heavy atom. The van der Waals surface area contributed by atoms with Crippen molar-refractivity contribution in [3.8, 4) is 0 Å². The van der Waals surface area contributed by atoms with Crippen LogP contribution in [0.15, 0.2) is 18.2 Å². The second-order valence-corrected chi connectivity index (χ2v) is 4.80. The fourth-order valence-electron chi connectivity index (χ4n) is 1.88. The molecule has 0 aliphatic heterocycles. The van der Waals surface area contributed by atoms with Crippen LogP contribution >= 0.6 is 0 Å².